The lowest BCUT2D eigenvalue weighted by molar-refractivity contribution is -0.158. The Morgan fingerprint density at radius 1 is 1.15 bits per heavy atom. The monoisotopic (exact) mass is 276 g/mol. The fourth-order valence-corrected chi connectivity index (χ4v) is 1.94. The first kappa shape index (κ1) is 16.4. The van der Waals surface area contributed by atoms with Crippen LogP contribution in [0.5, 0.6) is 0 Å². The van der Waals surface area contributed by atoms with E-state index in [1.165, 1.54) is 0 Å². The van der Waals surface area contributed by atoms with Crippen molar-refractivity contribution in [2.45, 2.75) is 52.6 Å². The van der Waals surface area contributed by atoms with Crippen molar-refractivity contribution >= 4 is 11.8 Å². The van der Waals surface area contributed by atoms with Crippen molar-refractivity contribution in [3.8, 4) is 0 Å². The second-order valence-corrected chi connectivity index (χ2v) is 5.96. The summed E-state index contributed by atoms with van der Waals surface area (Å²) in [7, 11) is 0. The third-order valence-electron chi connectivity index (χ3n) is 2.91. The summed E-state index contributed by atoms with van der Waals surface area (Å²) in [6.45, 7) is 7.48. The van der Waals surface area contributed by atoms with Gasteiger partial charge in [-0.1, -0.05) is 50.1 Å². The van der Waals surface area contributed by atoms with Gasteiger partial charge in [0.05, 0.1) is 0 Å². The lowest BCUT2D eigenvalue weighted by atomic mass is 9.92. The van der Waals surface area contributed by atoms with Gasteiger partial charge >= 0.3 is 5.97 Å². The van der Waals surface area contributed by atoms with Gasteiger partial charge in [-0.25, -0.2) is 0 Å². The average molecular weight is 276 g/mol. The van der Waals surface area contributed by atoms with Crippen molar-refractivity contribution in [3.63, 3.8) is 0 Å². The molecule has 0 saturated carbocycles. The Labute approximate surface area is 121 Å². The number of esters is 1. The SMILES string of the molecule is CCCCC(C(=O)OC(C)(C)C)C(=O)c1ccccc1. The predicted molar refractivity (Wildman–Crippen MR) is 79.6 cm³/mol. The quantitative estimate of drug-likeness (QED) is 0.448. The summed E-state index contributed by atoms with van der Waals surface area (Å²) in [5.74, 6) is -1.26. The van der Waals surface area contributed by atoms with Crippen LogP contribution >= 0.6 is 0 Å². The number of ketones is 1. The van der Waals surface area contributed by atoms with Gasteiger partial charge in [0.15, 0.2) is 5.78 Å². The van der Waals surface area contributed by atoms with Crippen molar-refractivity contribution in [1.29, 1.82) is 0 Å². The van der Waals surface area contributed by atoms with Crippen LogP contribution in [0, 0.1) is 5.92 Å². The Hall–Kier alpha value is -1.64. The molecule has 1 rings (SSSR count). The molecule has 1 atom stereocenters. The number of carbonyl (C=O) groups is 2. The number of hydrogen-bond acceptors (Lipinski definition) is 3. The Bertz CT molecular complexity index is 443. The van der Waals surface area contributed by atoms with Gasteiger partial charge in [-0.2, -0.15) is 0 Å². The van der Waals surface area contributed by atoms with E-state index in [9.17, 15) is 9.59 Å². The third kappa shape index (κ3) is 5.16. The molecule has 0 aliphatic rings. The lowest BCUT2D eigenvalue weighted by Gasteiger charge is -2.23. The van der Waals surface area contributed by atoms with Gasteiger partial charge in [-0.05, 0) is 27.2 Å². The first-order chi connectivity index (χ1) is 9.35. The number of rotatable bonds is 6. The minimum atomic E-state index is -0.698. The zero-order valence-electron chi connectivity index (χ0n) is 12.8. The highest BCUT2D eigenvalue weighted by Crippen LogP contribution is 2.20. The summed E-state index contributed by atoms with van der Waals surface area (Å²) in [6, 6.07) is 8.95. The fraction of sp³-hybridized carbons (Fsp3) is 0.529. The Morgan fingerprint density at radius 3 is 2.25 bits per heavy atom. The van der Waals surface area contributed by atoms with E-state index in [1.807, 2.05) is 33.8 Å². The number of carbonyl (C=O) groups excluding carboxylic acids is 2. The van der Waals surface area contributed by atoms with Crippen LogP contribution in [-0.2, 0) is 9.53 Å². The molecule has 0 aromatic heterocycles. The molecule has 0 saturated heterocycles. The molecule has 0 N–H and O–H groups in total. The zero-order valence-corrected chi connectivity index (χ0v) is 12.8. The van der Waals surface area contributed by atoms with Crippen molar-refractivity contribution in [2.75, 3.05) is 0 Å². The summed E-state index contributed by atoms with van der Waals surface area (Å²) in [6.07, 6.45) is 2.32. The van der Waals surface area contributed by atoms with E-state index in [-0.39, 0.29) is 5.78 Å². The predicted octanol–water partition coefficient (Wildman–Crippen LogP) is 4.02. The number of Topliss-reactive ketones (excluding diaryl/α,β-unsaturated/α-hetero) is 1. The molecule has 3 heteroatoms. The lowest BCUT2D eigenvalue weighted by Crippen LogP contribution is -2.33. The van der Waals surface area contributed by atoms with Crippen LogP contribution in [-0.4, -0.2) is 17.4 Å². The van der Waals surface area contributed by atoms with Gasteiger partial charge in [-0.15, -0.1) is 0 Å². The van der Waals surface area contributed by atoms with Gasteiger partial charge in [0.1, 0.15) is 11.5 Å². The molecular weight excluding hydrogens is 252 g/mol. The van der Waals surface area contributed by atoms with Crippen LogP contribution < -0.4 is 0 Å². The highest BCUT2D eigenvalue weighted by molar-refractivity contribution is 6.08. The van der Waals surface area contributed by atoms with Crippen LogP contribution in [0.25, 0.3) is 0 Å². The number of benzene rings is 1. The van der Waals surface area contributed by atoms with Gasteiger partial charge in [0.2, 0.25) is 0 Å². The highest BCUT2D eigenvalue weighted by atomic mass is 16.6. The molecule has 0 radical (unpaired) electrons. The minimum absolute atomic E-state index is 0.145. The molecule has 1 unspecified atom stereocenters. The van der Waals surface area contributed by atoms with Gasteiger partial charge in [-0.3, -0.25) is 9.59 Å². The van der Waals surface area contributed by atoms with Crippen LogP contribution in [0.1, 0.15) is 57.3 Å². The Morgan fingerprint density at radius 2 is 1.75 bits per heavy atom. The molecule has 0 aliphatic heterocycles. The molecule has 1 aromatic rings. The second kappa shape index (κ2) is 7.22. The smallest absolute Gasteiger partial charge is 0.317 e. The number of ether oxygens (including phenoxy) is 1. The highest BCUT2D eigenvalue weighted by Gasteiger charge is 2.31. The first-order valence-corrected chi connectivity index (χ1v) is 7.17. The van der Waals surface area contributed by atoms with E-state index in [0.717, 1.165) is 12.8 Å². The van der Waals surface area contributed by atoms with E-state index >= 15 is 0 Å². The average Bonchev–Trinajstić information content (AvgIpc) is 2.38. The number of unbranched alkanes of at least 4 members (excludes halogenated alkanes) is 1. The summed E-state index contributed by atoms with van der Waals surface area (Å²) in [5, 5.41) is 0. The molecule has 0 fully saturated rings. The van der Waals surface area contributed by atoms with E-state index in [0.29, 0.717) is 12.0 Å². The van der Waals surface area contributed by atoms with Crippen LogP contribution in [0.3, 0.4) is 0 Å². The summed E-state index contributed by atoms with van der Waals surface area (Å²) in [5.41, 5.74) is -0.00197. The van der Waals surface area contributed by atoms with E-state index < -0.39 is 17.5 Å². The number of hydrogen-bond donors (Lipinski definition) is 0. The third-order valence-corrected chi connectivity index (χ3v) is 2.91. The van der Waals surface area contributed by atoms with Crippen LogP contribution in [0.4, 0.5) is 0 Å². The molecule has 0 bridgehead atoms. The van der Waals surface area contributed by atoms with Crippen molar-refractivity contribution < 1.29 is 14.3 Å². The van der Waals surface area contributed by atoms with Crippen molar-refractivity contribution in [2.24, 2.45) is 5.92 Å². The molecule has 3 nitrogen and oxygen atoms in total. The maximum Gasteiger partial charge on any atom is 0.317 e. The maximum absolute atomic E-state index is 12.5. The van der Waals surface area contributed by atoms with E-state index in [1.54, 1.807) is 24.3 Å². The topological polar surface area (TPSA) is 43.4 Å². The van der Waals surface area contributed by atoms with Crippen LogP contribution in [0.15, 0.2) is 30.3 Å². The summed E-state index contributed by atoms with van der Waals surface area (Å²) >= 11 is 0. The van der Waals surface area contributed by atoms with Crippen molar-refractivity contribution in [3.05, 3.63) is 35.9 Å². The van der Waals surface area contributed by atoms with Gasteiger partial charge < -0.3 is 4.74 Å². The van der Waals surface area contributed by atoms with Gasteiger partial charge in [0.25, 0.3) is 0 Å². The summed E-state index contributed by atoms with van der Waals surface area (Å²) in [4.78, 5) is 24.7. The van der Waals surface area contributed by atoms with E-state index in [4.69, 9.17) is 4.74 Å². The molecule has 20 heavy (non-hydrogen) atoms. The van der Waals surface area contributed by atoms with Gasteiger partial charge in [0, 0.05) is 5.56 Å². The minimum Gasteiger partial charge on any atom is -0.459 e. The molecule has 0 aliphatic carbocycles. The molecule has 110 valence electrons. The maximum atomic E-state index is 12.5. The molecule has 0 amide bonds. The first-order valence-electron chi connectivity index (χ1n) is 7.17. The largest absolute Gasteiger partial charge is 0.459 e. The normalized spacial score (nSPS) is 12.8. The fourth-order valence-electron chi connectivity index (χ4n) is 1.94. The molecular formula is C17H24O3. The Balaban J connectivity index is 2.89. The zero-order chi connectivity index (χ0) is 15.2. The van der Waals surface area contributed by atoms with Crippen LogP contribution in [0.2, 0.25) is 0 Å². The second-order valence-electron chi connectivity index (χ2n) is 5.96. The molecule has 0 heterocycles. The summed E-state index contributed by atoms with van der Waals surface area (Å²) < 4.78 is 5.38. The molecule has 1 aromatic carbocycles. The Kier molecular flexibility index (Phi) is 5.93. The molecule has 0 spiro atoms. The van der Waals surface area contributed by atoms with Crippen molar-refractivity contribution in [1.82, 2.24) is 0 Å². The van der Waals surface area contributed by atoms with E-state index in [2.05, 4.69) is 0 Å². The standard InChI is InChI=1S/C17H24O3/c1-5-6-12-14(16(19)20-17(2,3)4)15(18)13-10-8-7-9-11-13/h7-11,14H,5-6,12H2,1-4H3.